The van der Waals surface area contributed by atoms with Crippen molar-refractivity contribution in [2.24, 2.45) is 0 Å². The van der Waals surface area contributed by atoms with Gasteiger partial charge in [-0.1, -0.05) is 18.2 Å². The highest BCUT2D eigenvalue weighted by molar-refractivity contribution is 6.58. The highest BCUT2D eigenvalue weighted by atomic mass is 19.1. The Kier molecular flexibility index (Phi) is 6.82. The van der Waals surface area contributed by atoms with Crippen molar-refractivity contribution in [2.75, 3.05) is 11.9 Å². The van der Waals surface area contributed by atoms with Crippen molar-refractivity contribution in [2.45, 2.75) is 32.8 Å². The SMILES string of the molecule is CC(C)(C)OC(=O)Nc1ccc(CCOc2ccc(B(O)O)c(F)c2)cc1.[HH]. The average molecular weight is 377 g/mol. The summed E-state index contributed by atoms with van der Waals surface area (Å²) < 4.78 is 24.3. The highest BCUT2D eigenvalue weighted by Crippen LogP contribution is 2.15. The minimum absolute atomic E-state index is 0. The number of hydrogen-bond donors (Lipinski definition) is 3. The smallest absolute Gasteiger partial charge is 0.491 e. The first kappa shape index (κ1) is 20.7. The number of nitrogens with one attached hydrogen (secondary N) is 1. The molecule has 0 aliphatic rings. The van der Waals surface area contributed by atoms with E-state index in [9.17, 15) is 9.18 Å². The van der Waals surface area contributed by atoms with E-state index in [2.05, 4.69) is 5.32 Å². The molecule has 0 fully saturated rings. The van der Waals surface area contributed by atoms with Gasteiger partial charge in [0.15, 0.2) is 0 Å². The predicted octanol–water partition coefficient (Wildman–Crippen LogP) is 2.72. The molecule has 8 heteroatoms. The maximum atomic E-state index is 13.7. The standard InChI is InChI=1S/C19H23BFNO5.H2/c1-19(2,3)27-18(23)22-14-6-4-13(5-7-14)10-11-26-15-8-9-16(20(24)25)17(21)12-15;/h4-9,12,24-25H,10-11H2,1-3H3,(H,22,23);1H. The van der Waals surface area contributed by atoms with Crippen LogP contribution in [-0.2, 0) is 11.2 Å². The first-order chi connectivity index (χ1) is 12.6. The van der Waals surface area contributed by atoms with Gasteiger partial charge in [-0.3, -0.25) is 5.32 Å². The Morgan fingerprint density at radius 1 is 1.19 bits per heavy atom. The minimum atomic E-state index is -1.85. The van der Waals surface area contributed by atoms with Crippen molar-refractivity contribution in [1.29, 1.82) is 0 Å². The fraction of sp³-hybridized carbons (Fsp3) is 0.316. The zero-order valence-corrected chi connectivity index (χ0v) is 15.5. The lowest BCUT2D eigenvalue weighted by Crippen LogP contribution is -2.32. The van der Waals surface area contributed by atoms with E-state index in [1.165, 1.54) is 12.1 Å². The van der Waals surface area contributed by atoms with Crippen LogP contribution in [0.25, 0.3) is 0 Å². The van der Waals surface area contributed by atoms with Crippen LogP contribution < -0.4 is 15.5 Å². The van der Waals surface area contributed by atoms with Gasteiger partial charge in [0, 0.05) is 25.1 Å². The van der Waals surface area contributed by atoms with Gasteiger partial charge in [0.1, 0.15) is 17.2 Å². The molecule has 0 saturated carbocycles. The Morgan fingerprint density at radius 2 is 1.85 bits per heavy atom. The molecule has 2 aromatic rings. The average Bonchev–Trinajstić information content (AvgIpc) is 2.54. The van der Waals surface area contributed by atoms with E-state index < -0.39 is 24.6 Å². The maximum Gasteiger partial charge on any atom is 0.491 e. The molecule has 0 saturated heterocycles. The van der Waals surface area contributed by atoms with Crippen LogP contribution in [0.2, 0.25) is 0 Å². The Hall–Kier alpha value is -2.58. The Bertz CT molecular complexity index is 781. The van der Waals surface area contributed by atoms with E-state index in [4.69, 9.17) is 19.5 Å². The van der Waals surface area contributed by atoms with Crippen molar-refractivity contribution in [3.05, 3.63) is 53.8 Å². The molecule has 0 aliphatic carbocycles. The lowest BCUT2D eigenvalue weighted by molar-refractivity contribution is 0.0636. The summed E-state index contributed by atoms with van der Waals surface area (Å²) in [6.07, 6.45) is 0.0654. The largest absolute Gasteiger partial charge is 0.493 e. The van der Waals surface area contributed by atoms with Gasteiger partial charge in [-0.2, -0.15) is 0 Å². The number of benzene rings is 2. The van der Waals surface area contributed by atoms with Gasteiger partial charge in [-0.15, -0.1) is 0 Å². The molecule has 0 atom stereocenters. The lowest BCUT2D eigenvalue weighted by atomic mass is 9.80. The number of rotatable bonds is 6. The second-order valence-electron chi connectivity index (χ2n) is 6.98. The van der Waals surface area contributed by atoms with Gasteiger partial charge in [0.25, 0.3) is 0 Å². The first-order valence-corrected chi connectivity index (χ1v) is 8.51. The van der Waals surface area contributed by atoms with E-state index in [0.29, 0.717) is 24.5 Å². The van der Waals surface area contributed by atoms with Crippen molar-refractivity contribution >= 4 is 24.4 Å². The Balaban J connectivity index is 0.00000392. The highest BCUT2D eigenvalue weighted by Gasteiger charge is 2.17. The molecule has 2 rings (SSSR count). The molecule has 0 unspecified atom stereocenters. The monoisotopic (exact) mass is 377 g/mol. The summed E-state index contributed by atoms with van der Waals surface area (Å²) in [4.78, 5) is 11.7. The van der Waals surface area contributed by atoms with Gasteiger partial charge in [0.2, 0.25) is 0 Å². The summed E-state index contributed by atoms with van der Waals surface area (Å²) in [6.45, 7) is 5.70. The van der Waals surface area contributed by atoms with Crippen LogP contribution >= 0.6 is 0 Å². The number of carbonyl (C=O) groups is 1. The molecular formula is C19H25BFNO5. The van der Waals surface area contributed by atoms with Gasteiger partial charge < -0.3 is 19.5 Å². The summed E-state index contributed by atoms with van der Waals surface area (Å²) in [5.74, 6) is -0.430. The van der Waals surface area contributed by atoms with Gasteiger partial charge >= 0.3 is 13.2 Å². The van der Waals surface area contributed by atoms with E-state index in [0.717, 1.165) is 11.6 Å². The van der Waals surface area contributed by atoms with E-state index in [1.807, 2.05) is 12.1 Å². The van der Waals surface area contributed by atoms with E-state index >= 15 is 0 Å². The van der Waals surface area contributed by atoms with Crippen LogP contribution in [0.15, 0.2) is 42.5 Å². The molecule has 0 bridgehead atoms. The van der Waals surface area contributed by atoms with Crippen LogP contribution in [0.1, 0.15) is 27.8 Å². The predicted molar refractivity (Wildman–Crippen MR) is 104 cm³/mol. The maximum absolute atomic E-state index is 13.7. The molecule has 1 amide bonds. The summed E-state index contributed by atoms with van der Waals surface area (Å²) >= 11 is 0. The zero-order chi connectivity index (χ0) is 20.0. The zero-order valence-electron chi connectivity index (χ0n) is 15.5. The fourth-order valence-corrected chi connectivity index (χ4v) is 2.27. The number of carbonyl (C=O) groups excluding carboxylic acids is 1. The summed E-state index contributed by atoms with van der Waals surface area (Å²) in [5, 5.41) is 20.6. The number of hydrogen-bond acceptors (Lipinski definition) is 5. The van der Waals surface area contributed by atoms with Crippen molar-refractivity contribution in [1.82, 2.24) is 0 Å². The van der Waals surface area contributed by atoms with Crippen molar-refractivity contribution in [3.8, 4) is 5.75 Å². The third-order valence-electron chi connectivity index (χ3n) is 3.51. The van der Waals surface area contributed by atoms with Crippen LogP contribution in [0, 0.1) is 5.82 Å². The van der Waals surface area contributed by atoms with Gasteiger partial charge in [-0.25, -0.2) is 9.18 Å². The minimum Gasteiger partial charge on any atom is -0.493 e. The van der Waals surface area contributed by atoms with Crippen LogP contribution in [-0.4, -0.2) is 35.5 Å². The first-order valence-electron chi connectivity index (χ1n) is 8.51. The van der Waals surface area contributed by atoms with Crippen LogP contribution in [0.4, 0.5) is 14.9 Å². The molecule has 0 heterocycles. The molecule has 0 spiro atoms. The summed E-state index contributed by atoms with van der Waals surface area (Å²) in [7, 11) is -1.85. The van der Waals surface area contributed by atoms with Gasteiger partial charge in [-0.05, 0) is 44.5 Å². The molecule has 3 N–H and O–H groups in total. The second kappa shape index (κ2) is 8.88. The molecule has 0 aromatic heterocycles. The molecule has 0 aliphatic heterocycles. The fourth-order valence-electron chi connectivity index (χ4n) is 2.27. The summed E-state index contributed by atoms with van der Waals surface area (Å²) in [6, 6.07) is 11.1. The quantitative estimate of drug-likeness (QED) is 0.674. The van der Waals surface area contributed by atoms with Crippen molar-refractivity contribution < 1.29 is 30.1 Å². The number of anilines is 1. The molecule has 6 nitrogen and oxygen atoms in total. The number of ether oxygens (including phenoxy) is 2. The van der Waals surface area contributed by atoms with Crippen LogP contribution in [0.3, 0.4) is 0 Å². The molecule has 0 radical (unpaired) electrons. The van der Waals surface area contributed by atoms with Crippen LogP contribution in [0.5, 0.6) is 5.75 Å². The van der Waals surface area contributed by atoms with Crippen molar-refractivity contribution in [3.63, 3.8) is 0 Å². The Labute approximate surface area is 159 Å². The number of halogens is 1. The lowest BCUT2D eigenvalue weighted by Gasteiger charge is -2.19. The topological polar surface area (TPSA) is 88.0 Å². The Morgan fingerprint density at radius 3 is 2.41 bits per heavy atom. The number of amides is 1. The second-order valence-corrected chi connectivity index (χ2v) is 6.98. The third kappa shape index (κ3) is 6.92. The summed E-state index contributed by atoms with van der Waals surface area (Å²) in [5.41, 5.74) is 0.839. The third-order valence-corrected chi connectivity index (χ3v) is 3.51. The molecule has 27 heavy (non-hydrogen) atoms. The van der Waals surface area contributed by atoms with E-state index in [-0.39, 0.29) is 6.89 Å². The van der Waals surface area contributed by atoms with E-state index in [1.54, 1.807) is 32.9 Å². The molecule has 146 valence electrons. The molecule has 2 aromatic carbocycles. The molecular weight excluding hydrogens is 352 g/mol. The normalized spacial score (nSPS) is 11.0. The van der Waals surface area contributed by atoms with Gasteiger partial charge in [0.05, 0.1) is 6.61 Å².